The molecule has 0 aliphatic rings. The Kier molecular flexibility index (Phi) is 4.27. The second-order valence-corrected chi connectivity index (χ2v) is 4.94. The van der Waals surface area contributed by atoms with E-state index in [0.29, 0.717) is 22.1 Å². The van der Waals surface area contributed by atoms with Crippen molar-refractivity contribution in [1.82, 2.24) is 5.43 Å². The molecule has 0 bridgehead atoms. The number of aryl methyl sites for hydroxylation is 2. The Bertz CT molecular complexity index is 653. The van der Waals surface area contributed by atoms with E-state index < -0.39 is 0 Å². The topological polar surface area (TPSA) is 75.0 Å². The Labute approximate surface area is 122 Å². The van der Waals surface area contributed by atoms with Crippen LogP contribution in [0.25, 0.3) is 11.3 Å². The maximum Gasteiger partial charge on any atom is 0.152 e. The largest absolute Gasteiger partial charge is 0.460 e. The SMILES string of the molecule is Cc1cc(Cl)cc(/C(C=N)=C(/NN)c2ccc(C)o2)c1. The Morgan fingerprint density at radius 1 is 1.30 bits per heavy atom. The second kappa shape index (κ2) is 5.94. The summed E-state index contributed by atoms with van der Waals surface area (Å²) < 4.78 is 5.56. The van der Waals surface area contributed by atoms with Gasteiger partial charge >= 0.3 is 0 Å². The van der Waals surface area contributed by atoms with Gasteiger partial charge in [0.05, 0.1) is 0 Å². The minimum absolute atomic E-state index is 0.551. The van der Waals surface area contributed by atoms with Crippen LogP contribution in [0.15, 0.2) is 34.7 Å². The molecule has 20 heavy (non-hydrogen) atoms. The lowest BCUT2D eigenvalue weighted by molar-refractivity contribution is 0.517. The van der Waals surface area contributed by atoms with Crippen LogP contribution in [0.1, 0.15) is 22.6 Å². The lowest BCUT2D eigenvalue weighted by Crippen LogP contribution is -2.21. The maximum atomic E-state index is 7.67. The zero-order valence-electron chi connectivity index (χ0n) is 11.3. The van der Waals surface area contributed by atoms with E-state index in [4.69, 9.17) is 27.3 Å². The van der Waals surface area contributed by atoms with Gasteiger partial charge in [0.25, 0.3) is 0 Å². The number of benzene rings is 1. The van der Waals surface area contributed by atoms with Gasteiger partial charge in [0.1, 0.15) is 11.5 Å². The molecule has 0 saturated heterocycles. The van der Waals surface area contributed by atoms with Gasteiger partial charge in [0, 0.05) is 16.8 Å². The number of nitrogens with two attached hydrogens (primary N) is 1. The number of hydrogen-bond donors (Lipinski definition) is 3. The summed E-state index contributed by atoms with van der Waals surface area (Å²) in [5, 5.41) is 8.28. The van der Waals surface area contributed by atoms with Gasteiger partial charge in [-0.1, -0.05) is 17.7 Å². The molecule has 1 heterocycles. The van der Waals surface area contributed by atoms with Crippen molar-refractivity contribution in [3.05, 3.63) is 58.0 Å². The molecule has 5 heteroatoms. The molecule has 1 aromatic heterocycles. The molecule has 0 unspecified atom stereocenters. The molecule has 2 rings (SSSR count). The van der Waals surface area contributed by atoms with Crippen molar-refractivity contribution in [2.75, 3.05) is 0 Å². The highest BCUT2D eigenvalue weighted by Crippen LogP contribution is 2.26. The van der Waals surface area contributed by atoms with Crippen molar-refractivity contribution < 1.29 is 4.42 Å². The molecule has 0 atom stereocenters. The maximum absolute atomic E-state index is 7.67. The first-order valence-electron chi connectivity index (χ1n) is 6.11. The van der Waals surface area contributed by atoms with Crippen LogP contribution in [-0.2, 0) is 0 Å². The molecule has 0 fully saturated rings. The molecular formula is C15H16ClN3O. The number of furan rings is 1. The summed E-state index contributed by atoms with van der Waals surface area (Å²) in [4.78, 5) is 0. The number of hydrazine groups is 1. The zero-order valence-corrected chi connectivity index (χ0v) is 12.1. The van der Waals surface area contributed by atoms with Crippen LogP contribution in [0.2, 0.25) is 5.02 Å². The Morgan fingerprint density at radius 3 is 2.55 bits per heavy atom. The molecule has 104 valence electrons. The van der Waals surface area contributed by atoms with E-state index in [2.05, 4.69) is 5.43 Å². The summed E-state index contributed by atoms with van der Waals surface area (Å²) in [6.45, 7) is 3.80. The number of rotatable bonds is 4. The van der Waals surface area contributed by atoms with Crippen molar-refractivity contribution in [2.24, 2.45) is 5.84 Å². The molecule has 2 aromatic rings. The van der Waals surface area contributed by atoms with Gasteiger partial charge in [-0.25, -0.2) is 0 Å². The van der Waals surface area contributed by atoms with E-state index in [0.717, 1.165) is 16.9 Å². The highest BCUT2D eigenvalue weighted by molar-refractivity contribution is 6.31. The van der Waals surface area contributed by atoms with Crippen LogP contribution in [0, 0.1) is 19.3 Å². The molecular weight excluding hydrogens is 274 g/mol. The number of nitrogens with one attached hydrogen (secondary N) is 2. The van der Waals surface area contributed by atoms with Crippen LogP contribution in [0.3, 0.4) is 0 Å². The Hall–Kier alpha value is -2.04. The summed E-state index contributed by atoms with van der Waals surface area (Å²) in [7, 11) is 0. The fraction of sp³-hybridized carbons (Fsp3) is 0.133. The van der Waals surface area contributed by atoms with Crippen molar-refractivity contribution >= 4 is 29.1 Å². The average Bonchev–Trinajstić information content (AvgIpc) is 2.80. The van der Waals surface area contributed by atoms with Gasteiger partial charge in [-0.2, -0.15) is 0 Å². The van der Waals surface area contributed by atoms with Crippen LogP contribution in [-0.4, -0.2) is 6.21 Å². The Morgan fingerprint density at radius 2 is 2.05 bits per heavy atom. The van der Waals surface area contributed by atoms with E-state index >= 15 is 0 Å². The normalized spacial score (nSPS) is 12.0. The van der Waals surface area contributed by atoms with Gasteiger partial charge in [-0.3, -0.25) is 5.84 Å². The summed E-state index contributed by atoms with van der Waals surface area (Å²) in [5.74, 6) is 6.96. The molecule has 0 aliphatic heterocycles. The fourth-order valence-corrected chi connectivity index (χ4v) is 2.33. The van der Waals surface area contributed by atoms with Crippen molar-refractivity contribution in [3.8, 4) is 0 Å². The monoisotopic (exact) mass is 289 g/mol. The molecule has 0 spiro atoms. The van der Waals surface area contributed by atoms with Crippen LogP contribution < -0.4 is 11.3 Å². The van der Waals surface area contributed by atoms with Gasteiger partial charge in [-0.15, -0.1) is 0 Å². The summed E-state index contributed by atoms with van der Waals surface area (Å²) in [6, 6.07) is 9.25. The zero-order chi connectivity index (χ0) is 14.7. The van der Waals surface area contributed by atoms with Crippen molar-refractivity contribution in [1.29, 1.82) is 5.41 Å². The standard InChI is InChI=1S/C15H16ClN3O/c1-9-5-11(7-12(16)6-9)13(8-17)15(19-18)14-4-3-10(2)20-14/h3-8,17,19H,18H2,1-2H3/b15-13+,17-8?. The molecule has 1 aromatic carbocycles. The molecule has 4 N–H and O–H groups in total. The average molecular weight is 290 g/mol. The Balaban J connectivity index is 2.63. The van der Waals surface area contributed by atoms with Crippen molar-refractivity contribution in [2.45, 2.75) is 13.8 Å². The first-order chi connectivity index (χ1) is 9.55. The molecule has 0 radical (unpaired) electrons. The molecule has 0 saturated carbocycles. The first kappa shape index (κ1) is 14.4. The third kappa shape index (κ3) is 2.92. The van der Waals surface area contributed by atoms with Crippen LogP contribution >= 0.6 is 11.6 Å². The summed E-state index contributed by atoms with van der Waals surface area (Å²) in [5.41, 5.74) is 5.61. The predicted molar refractivity (Wildman–Crippen MR) is 82.6 cm³/mol. The van der Waals surface area contributed by atoms with Gasteiger partial charge in [-0.05, 0) is 49.2 Å². The van der Waals surface area contributed by atoms with E-state index in [1.54, 1.807) is 6.07 Å². The molecule has 0 aliphatic carbocycles. The summed E-state index contributed by atoms with van der Waals surface area (Å²) in [6.07, 6.45) is 1.23. The number of hydrogen-bond acceptors (Lipinski definition) is 4. The molecule has 0 amide bonds. The van der Waals surface area contributed by atoms with Gasteiger partial charge < -0.3 is 15.3 Å². The first-order valence-corrected chi connectivity index (χ1v) is 6.48. The highest BCUT2D eigenvalue weighted by atomic mass is 35.5. The van der Waals surface area contributed by atoms with Crippen LogP contribution in [0.4, 0.5) is 0 Å². The fourth-order valence-electron chi connectivity index (χ4n) is 2.04. The van der Waals surface area contributed by atoms with Gasteiger partial charge in [0.2, 0.25) is 0 Å². The number of allylic oxidation sites excluding steroid dienone is 1. The lowest BCUT2D eigenvalue weighted by Gasteiger charge is -2.11. The minimum atomic E-state index is 0.551. The van der Waals surface area contributed by atoms with E-state index in [1.807, 2.05) is 38.1 Å². The van der Waals surface area contributed by atoms with E-state index in [1.165, 1.54) is 6.21 Å². The highest BCUT2D eigenvalue weighted by Gasteiger charge is 2.13. The summed E-state index contributed by atoms with van der Waals surface area (Å²) >= 11 is 6.08. The third-order valence-corrected chi connectivity index (χ3v) is 3.12. The smallest absolute Gasteiger partial charge is 0.152 e. The van der Waals surface area contributed by atoms with E-state index in [9.17, 15) is 0 Å². The minimum Gasteiger partial charge on any atom is -0.460 e. The predicted octanol–water partition coefficient (Wildman–Crippen LogP) is 3.53. The van der Waals surface area contributed by atoms with Crippen molar-refractivity contribution in [3.63, 3.8) is 0 Å². The third-order valence-electron chi connectivity index (χ3n) is 2.90. The lowest BCUT2D eigenvalue weighted by atomic mass is 10.0. The van der Waals surface area contributed by atoms with Crippen LogP contribution in [0.5, 0.6) is 0 Å². The molecule has 4 nitrogen and oxygen atoms in total. The second-order valence-electron chi connectivity index (χ2n) is 4.50. The van der Waals surface area contributed by atoms with E-state index in [-0.39, 0.29) is 0 Å². The van der Waals surface area contributed by atoms with Gasteiger partial charge in [0.15, 0.2) is 5.76 Å². The number of halogens is 1. The quantitative estimate of drug-likeness (QED) is 0.458.